The van der Waals surface area contributed by atoms with Gasteiger partial charge in [-0.2, -0.15) is 5.10 Å². The van der Waals surface area contributed by atoms with Gasteiger partial charge in [0.1, 0.15) is 0 Å². The third-order valence-corrected chi connectivity index (χ3v) is 4.20. The minimum absolute atomic E-state index is 0.182. The lowest BCUT2D eigenvalue weighted by atomic mass is 10.1. The van der Waals surface area contributed by atoms with Gasteiger partial charge < -0.3 is 10.1 Å². The quantitative estimate of drug-likeness (QED) is 0.872. The first-order valence-electron chi connectivity index (χ1n) is 8.31. The summed E-state index contributed by atoms with van der Waals surface area (Å²) in [6.07, 6.45) is 3.28. The Morgan fingerprint density at radius 2 is 2.21 bits per heavy atom. The van der Waals surface area contributed by atoms with Crippen LogP contribution in [0.5, 0.6) is 0 Å². The molecule has 0 aromatic carbocycles. The van der Waals surface area contributed by atoms with Gasteiger partial charge in [0, 0.05) is 18.0 Å². The Bertz CT molecular complexity index is 781. The van der Waals surface area contributed by atoms with Crippen molar-refractivity contribution < 1.29 is 14.3 Å². The van der Waals surface area contributed by atoms with E-state index in [1.54, 1.807) is 19.2 Å². The van der Waals surface area contributed by atoms with Crippen LogP contribution in [0.15, 0.2) is 12.3 Å². The fourth-order valence-electron chi connectivity index (χ4n) is 2.87. The van der Waals surface area contributed by atoms with Crippen LogP contribution in [0, 0.1) is 6.92 Å². The van der Waals surface area contributed by atoms with Gasteiger partial charge in [0.05, 0.1) is 17.5 Å². The third kappa shape index (κ3) is 3.11. The molecule has 0 aliphatic carbocycles. The van der Waals surface area contributed by atoms with Crippen molar-refractivity contribution in [2.45, 2.75) is 52.2 Å². The average Bonchev–Trinajstić information content (AvgIpc) is 2.84. The molecule has 1 amide bonds. The van der Waals surface area contributed by atoms with Gasteiger partial charge in [0.2, 0.25) is 0 Å². The van der Waals surface area contributed by atoms with Crippen LogP contribution in [-0.2, 0) is 9.53 Å². The number of hydrogen-bond donors (Lipinski definition) is 1. The number of aryl methyl sites for hydroxylation is 1. The highest BCUT2D eigenvalue weighted by atomic mass is 16.5. The Morgan fingerprint density at radius 3 is 2.96 bits per heavy atom. The molecule has 0 saturated carbocycles. The van der Waals surface area contributed by atoms with Crippen molar-refractivity contribution in [3.8, 4) is 0 Å². The van der Waals surface area contributed by atoms with Gasteiger partial charge in [-0.05, 0) is 46.1 Å². The van der Waals surface area contributed by atoms with E-state index in [1.807, 2.05) is 18.5 Å². The molecule has 1 aliphatic rings. The molecular formula is C17H22N4O3. The second-order valence-corrected chi connectivity index (χ2v) is 6.40. The van der Waals surface area contributed by atoms with Crippen molar-refractivity contribution in [2.75, 3.05) is 6.54 Å². The van der Waals surface area contributed by atoms with E-state index in [9.17, 15) is 9.59 Å². The van der Waals surface area contributed by atoms with Crippen LogP contribution in [0.3, 0.4) is 0 Å². The lowest BCUT2D eigenvalue weighted by molar-refractivity contribution is -0.129. The van der Waals surface area contributed by atoms with Crippen LogP contribution in [0.4, 0.5) is 0 Å². The van der Waals surface area contributed by atoms with Crippen molar-refractivity contribution in [3.05, 3.63) is 23.5 Å². The van der Waals surface area contributed by atoms with Crippen molar-refractivity contribution in [3.63, 3.8) is 0 Å². The van der Waals surface area contributed by atoms with Crippen molar-refractivity contribution in [1.82, 2.24) is 20.1 Å². The van der Waals surface area contributed by atoms with Crippen molar-refractivity contribution in [1.29, 1.82) is 0 Å². The van der Waals surface area contributed by atoms with Gasteiger partial charge in [0.15, 0.2) is 11.8 Å². The molecule has 0 radical (unpaired) electrons. The molecule has 3 rings (SSSR count). The summed E-state index contributed by atoms with van der Waals surface area (Å²) in [5.41, 5.74) is 1.69. The molecule has 0 spiro atoms. The summed E-state index contributed by atoms with van der Waals surface area (Å²) in [4.78, 5) is 29.0. The van der Waals surface area contributed by atoms with E-state index < -0.39 is 12.1 Å². The molecule has 1 aliphatic heterocycles. The number of nitrogens with zero attached hydrogens (tertiary/aromatic N) is 3. The topological polar surface area (TPSA) is 86.1 Å². The average molecular weight is 330 g/mol. The molecule has 128 valence electrons. The van der Waals surface area contributed by atoms with E-state index in [0.29, 0.717) is 24.2 Å². The summed E-state index contributed by atoms with van der Waals surface area (Å²) in [5.74, 6) is -0.735. The van der Waals surface area contributed by atoms with E-state index in [2.05, 4.69) is 15.4 Å². The number of esters is 1. The number of ether oxygens (including phenoxy) is 1. The molecule has 0 unspecified atom stereocenters. The lowest BCUT2D eigenvalue weighted by Crippen LogP contribution is -2.36. The second-order valence-electron chi connectivity index (χ2n) is 6.40. The molecule has 7 nitrogen and oxygen atoms in total. The largest absolute Gasteiger partial charge is 0.449 e. The Kier molecular flexibility index (Phi) is 4.51. The number of carbonyl (C=O) groups excluding carboxylic acids is 2. The van der Waals surface area contributed by atoms with Crippen LogP contribution < -0.4 is 5.32 Å². The zero-order chi connectivity index (χ0) is 17.3. The molecule has 2 aromatic heterocycles. The van der Waals surface area contributed by atoms with Gasteiger partial charge in [-0.15, -0.1) is 0 Å². The minimum atomic E-state index is -0.728. The molecule has 7 heteroatoms. The molecular weight excluding hydrogens is 308 g/mol. The Morgan fingerprint density at radius 1 is 1.42 bits per heavy atom. The number of pyridine rings is 1. The molecule has 1 saturated heterocycles. The maximum Gasteiger partial charge on any atom is 0.340 e. The Balaban J connectivity index is 1.87. The highest BCUT2D eigenvalue weighted by Crippen LogP contribution is 2.21. The molecule has 0 bridgehead atoms. The number of fused-ring (bicyclic) bond motifs is 1. The maximum atomic E-state index is 12.5. The van der Waals surface area contributed by atoms with Crippen molar-refractivity contribution in [2.24, 2.45) is 0 Å². The molecule has 1 atom stereocenters. The fraction of sp³-hybridized carbons (Fsp3) is 0.529. The van der Waals surface area contributed by atoms with Crippen LogP contribution >= 0.6 is 0 Å². The maximum absolute atomic E-state index is 12.5. The molecule has 3 heterocycles. The van der Waals surface area contributed by atoms with Crippen LogP contribution in [-0.4, -0.2) is 39.3 Å². The summed E-state index contributed by atoms with van der Waals surface area (Å²) in [5, 5.41) is 7.86. The predicted molar refractivity (Wildman–Crippen MR) is 88.7 cm³/mol. The summed E-state index contributed by atoms with van der Waals surface area (Å²) >= 11 is 0. The van der Waals surface area contributed by atoms with E-state index >= 15 is 0 Å². The monoisotopic (exact) mass is 330 g/mol. The number of aromatic nitrogens is 3. The summed E-state index contributed by atoms with van der Waals surface area (Å²) in [6, 6.07) is 1.92. The first-order valence-corrected chi connectivity index (χ1v) is 8.31. The zero-order valence-corrected chi connectivity index (χ0v) is 14.2. The van der Waals surface area contributed by atoms with Crippen molar-refractivity contribution >= 4 is 22.9 Å². The predicted octanol–water partition coefficient (Wildman–Crippen LogP) is 2.15. The van der Waals surface area contributed by atoms with Crippen LogP contribution in [0.1, 0.15) is 55.2 Å². The van der Waals surface area contributed by atoms with Gasteiger partial charge in [0.25, 0.3) is 5.91 Å². The standard InChI is InChI=1S/C17H22N4O3/c1-10(2)21-15-12(9-19-21)8-13(11(3)20-15)17(23)24-14-6-4-5-7-18-16(14)22/h8-10,14H,4-7H2,1-3H3,(H,18,22)/t14-/m1/s1. The summed E-state index contributed by atoms with van der Waals surface area (Å²) < 4.78 is 7.25. The van der Waals surface area contributed by atoms with E-state index in [0.717, 1.165) is 23.9 Å². The fourth-order valence-corrected chi connectivity index (χ4v) is 2.87. The first kappa shape index (κ1) is 16.4. The van der Waals surface area contributed by atoms with E-state index in [-0.39, 0.29) is 11.9 Å². The highest BCUT2D eigenvalue weighted by Gasteiger charge is 2.26. The van der Waals surface area contributed by atoms with Gasteiger partial charge in [-0.1, -0.05) is 0 Å². The number of nitrogens with one attached hydrogen (secondary N) is 1. The molecule has 24 heavy (non-hydrogen) atoms. The Labute approximate surface area is 140 Å². The third-order valence-electron chi connectivity index (χ3n) is 4.20. The van der Waals surface area contributed by atoms with E-state index in [1.165, 1.54) is 0 Å². The van der Waals surface area contributed by atoms with Crippen LogP contribution in [0.2, 0.25) is 0 Å². The molecule has 1 fully saturated rings. The van der Waals surface area contributed by atoms with Gasteiger partial charge >= 0.3 is 5.97 Å². The normalized spacial score (nSPS) is 18.5. The Hall–Kier alpha value is -2.44. The summed E-state index contributed by atoms with van der Waals surface area (Å²) in [7, 11) is 0. The van der Waals surface area contributed by atoms with E-state index in [4.69, 9.17) is 4.74 Å². The number of rotatable bonds is 3. The highest BCUT2D eigenvalue weighted by molar-refractivity contribution is 5.96. The second kappa shape index (κ2) is 6.59. The number of amides is 1. The molecule has 2 aromatic rings. The smallest absolute Gasteiger partial charge is 0.340 e. The number of hydrogen-bond acceptors (Lipinski definition) is 5. The SMILES string of the molecule is Cc1nc2c(cnn2C(C)C)cc1C(=O)O[C@@H]1CCCCNC1=O. The first-order chi connectivity index (χ1) is 11.5. The number of carbonyl (C=O) groups is 2. The minimum Gasteiger partial charge on any atom is -0.449 e. The summed E-state index contributed by atoms with van der Waals surface area (Å²) in [6.45, 7) is 6.45. The van der Waals surface area contributed by atoms with Gasteiger partial charge in [-0.25, -0.2) is 14.5 Å². The zero-order valence-electron chi connectivity index (χ0n) is 14.2. The van der Waals surface area contributed by atoms with Crippen LogP contribution in [0.25, 0.3) is 11.0 Å². The molecule has 1 N–H and O–H groups in total. The van der Waals surface area contributed by atoms with Gasteiger partial charge in [-0.3, -0.25) is 4.79 Å². The lowest BCUT2D eigenvalue weighted by Gasteiger charge is -2.15.